The highest BCUT2D eigenvalue weighted by atomic mass is 16.4. The van der Waals surface area contributed by atoms with Crippen molar-refractivity contribution in [1.82, 2.24) is 9.80 Å². The van der Waals surface area contributed by atoms with Gasteiger partial charge in [-0.25, -0.2) is 4.79 Å². The Labute approximate surface area is 255 Å². The van der Waals surface area contributed by atoms with Crippen molar-refractivity contribution in [2.24, 2.45) is 0 Å². The Balaban J connectivity index is 0.00000248. The van der Waals surface area contributed by atoms with Crippen LogP contribution in [0.4, 0.5) is 11.4 Å². The number of nitrogens with one attached hydrogen (secondary N) is 2. The van der Waals surface area contributed by atoms with Crippen LogP contribution in [0.1, 0.15) is 80.1 Å². The molecule has 0 fully saturated rings. The number of hydrogen-bond acceptors (Lipinski definition) is 5. The third-order valence-electron chi connectivity index (χ3n) is 7.31. The van der Waals surface area contributed by atoms with E-state index in [9.17, 15) is 19.5 Å². The molecule has 8 nitrogen and oxygen atoms in total. The van der Waals surface area contributed by atoms with Crippen molar-refractivity contribution in [3.8, 4) is 0 Å². The van der Waals surface area contributed by atoms with Gasteiger partial charge in [-0.3, -0.25) is 14.5 Å². The molecule has 0 saturated carbocycles. The number of benzene rings is 3. The fourth-order valence-corrected chi connectivity index (χ4v) is 5.30. The Morgan fingerprint density at radius 3 is 2.21 bits per heavy atom. The predicted octanol–water partition coefficient (Wildman–Crippen LogP) is 6.94. The van der Waals surface area contributed by atoms with Crippen LogP contribution in [0.5, 0.6) is 0 Å². The number of nitrogens with zero attached hydrogens (tertiary/aromatic N) is 2. The molecule has 0 spiro atoms. The Morgan fingerprint density at radius 2 is 1.58 bits per heavy atom. The van der Waals surface area contributed by atoms with Crippen molar-refractivity contribution in [1.29, 1.82) is 0 Å². The van der Waals surface area contributed by atoms with Gasteiger partial charge in [-0.2, -0.15) is 0 Å². The van der Waals surface area contributed by atoms with Crippen molar-refractivity contribution < 1.29 is 19.5 Å². The van der Waals surface area contributed by atoms with E-state index in [1.807, 2.05) is 62.1 Å². The van der Waals surface area contributed by atoms with Gasteiger partial charge in [0.25, 0.3) is 0 Å². The van der Waals surface area contributed by atoms with E-state index in [2.05, 4.69) is 41.5 Å². The highest BCUT2D eigenvalue weighted by molar-refractivity contribution is 6.00. The summed E-state index contributed by atoms with van der Waals surface area (Å²) in [5.74, 6) is -0.916. The topological polar surface area (TPSA) is 102 Å². The second kappa shape index (κ2) is 16.3. The van der Waals surface area contributed by atoms with Gasteiger partial charge in [0.1, 0.15) is 0 Å². The molecule has 0 aromatic heterocycles. The summed E-state index contributed by atoms with van der Waals surface area (Å²) in [6.07, 6.45) is 2.59. The van der Waals surface area contributed by atoms with Gasteiger partial charge in [0, 0.05) is 35.7 Å². The molecular weight excluding hydrogens is 540 g/mol. The number of hydrogen-bond donors (Lipinski definition) is 3. The Hall–Kier alpha value is -4.43. The van der Waals surface area contributed by atoms with Crippen molar-refractivity contribution >= 4 is 40.9 Å². The Kier molecular flexibility index (Phi) is 12.5. The molecule has 0 bridgehead atoms. The molecule has 43 heavy (non-hydrogen) atoms. The number of carboxylic acid groups (broad SMARTS) is 1. The molecule has 0 radical (unpaired) electrons. The molecule has 228 valence electrons. The van der Waals surface area contributed by atoms with E-state index in [4.69, 9.17) is 0 Å². The number of carbonyl (C=O) groups excluding carboxylic acids is 2. The minimum absolute atomic E-state index is 0.0883. The first kappa shape index (κ1) is 33.1. The van der Waals surface area contributed by atoms with E-state index in [0.29, 0.717) is 37.3 Å². The molecule has 1 aliphatic rings. The summed E-state index contributed by atoms with van der Waals surface area (Å²) >= 11 is 0. The summed E-state index contributed by atoms with van der Waals surface area (Å²) in [6.45, 7) is 13.7. The van der Waals surface area contributed by atoms with Crippen LogP contribution in [0, 0.1) is 0 Å². The van der Waals surface area contributed by atoms with Gasteiger partial charge in [0.05, 0.1) is 12.1 Å². The predicted molar refractivity (Wildman–Crippen MR) is 175 cm³/mol. The van der Waals surface area contributed by atoms with Gasteiger partial charge in [-0.1, -0.05) is 70.2 Å². The molecule has 0 atom stereocenters. The van der Waals surface area contributed by atoms with Gasteiger partial charge in [0.15, 0.2) is 0 Å². The lowest BCUT2D eigenvalue weighted by Crippen LogP contribution is -2.38. The van der Waals surface area contributed by atoms with E-state index >= 15 is 0 Å². The fourth-order valence-electron chi connectivity index (χ4n) is 5.30. The normalized spacial score (nSPS) is 12.6. The molecule has 3 aromatic carbocycles. The molecule has 3 aromatic rings. The molecule has 2 amide bonds. The van der Waals surface area contributed by atoms with Crippen LogP contribution in [-0.2, 0) is 22.7 Å². The van der Waals surface area contributed by atoms with Gasteiger partial charge in [0.2, 0.25) is 12.3 Å². The maximum atomic E-state index is 13.1. The van der Waals surface area contributed by atoms with Crippen molar-refractivity contribution in [2.45, 2.75) is 60.5 Å². The van der Waals surface area contributed by atoms with E-state index in [-0.39, 0.29) is 11.5 Å². The summed E-state index contributed by atoms with van der Waals surface area (Å²) < 4.78 is 0. The quantitative estimate of drug-likeness (QED) is 0.149. The number of allylic oxidation sites excluding steroid dienone is 1. The maximum Gasteiger partial charge on any atom is 0.335 e. The van der Waals surface area contributed by atoms with Crippen LogP contribution in [0.3, 0.4) is 0 Å². The van der Waals surface area contributed by atoms with Gasteiger partial charge < -0.3 is 20.6 Å². The first-order valence-corrected chi connectivity index (χ1v) is 15.1. The lowest BCUT2D eigenvalue weighted by molar-refractivity contribution is -0.133. The molecular formula is C35H44N4O4. The van der Waals surface area contributed by atoms with E-state index in [1.54, 1.807) is 6.07 Å². The molecule has 1 aliphatic heterocycles. The summed E-state index contributed by atoms with van der Waals surface area (Å²) in [6, 6.07) is 20.7. The number of carbonyl (C=O) groups is 3. The minimum atomic E-state index is -1.07. The third-order valence-corrected chi connectivity index (χ3v) is 7.31. The van der Waals surface area contributed by atoms with Crippen molar-refractivity contribution in [2.75, 3.05) is 30.3 Å². The molecule has 1 heterocycles. The van der Waals surface area contributed by atoms with Crippen LogP contribution in [-0.4, -0.2) is 52.8 Å². The van der Waals surface area contributed by atoms with Crippen molar-refractivity contribution in [3.05, 3.63) is 94.5 Å². The first-order valence-electron chi connectivity index (χ1n) is 15.1. The third kappa shape index (κ3) is 8.55. The van der Waals surface area contributed by atoms with Crippen LogP contribution in [0.15, 0.2) is 66.7 Å². The van der Waals surface area contributed by atoms with Gasteiger partial charge in [-0.15, -0.1) is 0 Å². The van der Waals surface area contributed by atoms with E-state index in [0.717, 1.165) is 59.6 Å². The van der Waals surface area contributed by atoms with Crippen molar-refractivity contribution in [3.63, 3.8) is 0 Å². The van der Waals surface area contributed by atoms with E-state index in [1.165, 1.54) is 12.1 Å². The highest BCUT2D eigenvalue weighted by Crippen LogP contribution is 2.34. The Morgan fingerprint density at radius 1 is 0.907 bits per heavy atom. The number of amides is 2. The summed E-state index contributed by atoms with van der Waals surface area (Å²) in [5.41, 5.74) is 6.93. The zero-order valence-corrected chi connectivity index (χ0v) is 25.9. The lowest BCUT2D eigenvalue weighted by atomic mass is 9.97. The largest absolute Gasteiger partial charge is 0.478 e. The summed E-state index contributed by atoms with van der Waals surface area (Å²) in [4.78, 5) is 40.2. The summed E-state index contributed by atoms with van der Waals surface area (Å²) in [7, 11) is 0. The maximum absolute atomic E-state index is 13.1. The van der Waals surface area contributed by atoms with Gasteiger partial charge in [-0.05, 0) is 79.4 Å². The highest BCUT2D eigenvalue weighted by Gasteiger charge is 2.25. The Bertz CT molecular complexity index is 1430. The second-order valence-electron chi connectivity index (χ2n) is 10.3. The van der Waals surface area contributed by atoms with E-state index < -0.39 is 5.97 Å². The lowest BCUT2D eigenvalue weighted by Gasteiger charge is -2.23. The minimum Gasteiger partial charge on any atom is -0.478 e. The molecule has 8 heteroatoms. The van der Waals surface area contributed by atoms with Crippen LogP contribution >= 0.6 is 0 Å². The number of rotatable bonds is 13. The summed E-state index contributed by atoms with van der Waals surface area (Å²) in [5, 5.41) is 15.7. The zero-order chi connectivity index (χ0) is 31.4. The standard InChI is InChI=1S/C33H38N4O4.C2H6/c1-4-15-36(16-5-2)21-31(39)37-19-26-11-13-28(17-27(26)20-37)35-32(24-9-7-6-8-10-24)23(3)29-14-12-25(33(40)41)18-30(29)34-22-38;1-2/h6-14,17-18,22,35H,4-5,15-16,19-21H2,1-3H3,(H,34,38)(H,40,41);1-2H3/b32-23+;. The average molecular weight is 585 g/mol. The van der Waals surface area contributed by atoms with Crippen LogP contribution in [0.25, 0.3) is 11.3 Å². The molecule has 0 unspecified atom stereocenters. The van der Waals surface area contributed by atoms with Crippen LogP contribution in [0.2, 0.25) is 0 Å². The van der Waals surface area contributed by atoms with Gasteiger partial charge >= 0.3 is 5.97 Å². The molecule has 0 saturated heterocycles. The smallest absolute Gasteiger partial charge is 0.335 e. The molecule has 4 rings (SSSR count). The second-order valence-corrected chi connectivity index (χ2v) is 10.3. The number of aromatic carboxylic acids is 1. The SMILES string of the molecule is CC.CCCN(CCC)CC(=O)N1Cc2ccc(N/C(=C(\C)c3ccc(C(=O)O)cc3NC=O)c3ccccc3)cc2C1. The fraction of sp³-hybridized carbons (Fsp3) is 0.343. The number of carboxylic acids is 1. The first-order chi connectivity index (χ1) is 20.8. The average Bonchev–Trinajstić information content (AvgIpc) is 3.45. The number of fused-ring (bicyclic) bond motifs is 1. The zero-order valence-electron chi connectivity index (χ0n) is 25.9. The molecule has 0 aliphatic carbocycles. The number of anilines is 2. The monoisotopic (exact) mass is 584 g/mol. The van der Waals surface area contributed by atoms with Crippen LogP contribution < -0.4 is 10.6 Å². The molecule has 3 N–H and O–H groups in total.